The van der Waals surface area contributed by atoms with E-state index in [4.69, 9.17) is 15.2 Å². The van der Waals surface area contributed by atoms with Crippen LogP contribution in [-0.4, -0.2) is 84.1 Å². The highest BCUT2D eigenvalue weighted by Gasteiger charge is 2.48. The van der Waals surface area contributed by atoms with Crippen molar-refractivity contribution >= 4 is 17.6 Å². The van der Waals surface area contributed by atoms with Gasteiger partial charge in [-0.3, -0.25) is 4.79 Å². The number of nitrogens with zero attached hydrogens (tertiary/aromatic N) is 3. The first-order valence-electron chi connectivity index (χ1n) is 12.6. The quantitative estimate of drug-likeness (QED) is 0.372. The number of hydrogen-bond acceptors (Lipinski definition) is 6. The number of alkyl halides is 9. The Kier molecular flexibility index (Phi) is 14.4. The summed E-state index contributed by atoms with van der Waals surface area (Å²) in [4.78, 5) is 24.5. The maximum Gasteiger partial charge on any atom is 0.416 e. The van der Waals surface area contributed by atoms with Crippen LogP contribution >= 0.6 is 0 Å². The fourth-order valence-corrected chi connectivity index (χ4v) is 2.96. The summed E-state index contributed by atoms with van der Waals surface area (Å²) in [7, 11) is 1.63. The van der Waals surface area contributed by atoms with E-state index in [9.17, 15) is 49.1 Å². The Morgan fingerprint density at radius 3 is 2.12 bits per heavy atom. The van der Waals surface area contributed by atoms with E-state index in [0.29, 0.717) is 17.9 Å². The fourth-order valence-electron chi connectivity index (χ4n) is 2.96. The van der Waals surface area contributed by atoms with Crippen molar-refractivity contribution < 1.29 is 58.6 Å². The van der Waals surface area contributed by atoms with Gasteiger partial charge in [0, 0.05) is 26.0 Å². The van der Waals surface area contributed by atoms with Gasteiger partial charge in [-0.15, -0.1) is 0 Å². The molecule has 2 fully saturated rings. The van der Waals surface area contributed by atoms with Crippen LogP contribution in [0.1, 0.15) is 37.9 Å². The summed E-state index contributed by atoms with van der Waals surface area (Å²) in [6, 6.07) is -0.599. The molecule has 0 spiro atoms. The molecule has 4 rings (SSSR count). The number of carbonyl (C=O) groups excluding carboxylic acids is 2. The minimum atomic E-state index is -4.40. The van der Waals surface area contributed by atoms with Gasteiger partial charge in [-0.25, -0.2) is 14.3 Å². The molecular formula is C24H33F9N6O4. The Bertz CT molecular complexity index is 1150. The van der Waals surface area contributed by atoms with Crippen molar-refractivity contribution in [2.75, 3.05) is 26.9 Å². The second-order valence-electron chi connectivity index (χ2n) is 9.62. The van der Waals surface area contributed by atoms with Crippen molar-refractivity contribution in [2.24, 2.45) is 11.7 Å². The zero-order chi connectivity index (χ0) is 33.0. The van der Waals surface area contributed by atoms with Gasteiger partial charge in [0.15, 0.2) is 11.2 Å². The van der Waals surface area contributed by atoms with E-state index in [-0.39, 0.29) is 31.4 Å². The minimum absolute atomic E-state index is 0.0626. The largest absolute Gasteiger partial charge is 0.416 e. The number of hydrogen-bond donors (Lipinski definition) is 3. The van der Waals surface area contributed by atoms with Crippen LogP contribution in [0.15, 0.2) is 18.5 Å². The second-order valence-corrected chi connectivity index (χ2v) is 9.62. The Morgan fingerprint density at radius 1 is 1.12 bits per heavy atom. The lowest BCUT2D eigenvalue weighted by Crippen LogP contribution is -2.42. The molecule has 2 aliphatic rings. The van der Waals surface area contributed by atoms with Crippen LogP contribution in [0.5, 0.6) is 0 Å². The Hall–Kier alpha value is -3.35. The molecule has 1 aliphatic carbocycles. The number of ether oxygens (including phenoxy) is 2. The molecule has 1 unspecified atom stereocenters. The molecule has 2 aromatic rings. The number of fused-ring (bicyclic) bond motifs is 1. The number of methoxy groups -OCH3 is 1. The van der Waals surface area contributed by atoms with Gasteiger partial charge in [-0.2, -0.15) is 44.6 Å². The van der Waals surface area contributed by atoms with Crippen molar-refractivity contribution in [2.45, 2.75) is 70.2 Å². The molecule has 3 amide bonds. The van der Waals surface area contributed by atoms with Gasteiger partial charge < -0.3 is 25.8 Å². The number of halogens is 9. The van der Waals surface area contributed by atoms with Crippen molar-refractivity contribution in [1.29, 1.82) is 0 Å². The molecule has 0 bridgehead atoms. The first kappa shape index (κ1) is 37.7. The van der Waals surface area contributed by atoms with Gasteiger partial charge >= 0.3 is 25.1 Å². The van der Waals surface area contributed by atoms with Crippen LogP contribution in [0.2, 0.25) is 0 Å². The number of amides is 3. The first-order chi connectivity index (χ1) is 19.8. The molecule has 1 atom stereocenters. The summed E-state index contributed by atoms with van der Waals surface area (Å²) in [5.74, 6) is 0.111. The van der Waals surface area contributed by atoms with Crippen LogP contribution in [0.25, 0.3) is 5.65 Å². The molecule has 246 valence electrons. The molecule has 1 saturated heterocycles. The highest BCUT2D eigenvalue weighted by atomic mass is 19.4. The van der Waals surface area contributed by atoms with E-state index in [1.165, 1.54) is 0 Å². The number of imidazole rings is 1. The highest BCUT2D eigenvalue weighted by Crippen LogP contribution is 2.32. The van der Waals surface area contributed by atoms with E-state index in [1.54, 1.807) is 29.3 Å². The molecule has 2 aromatic heterocycles. The zero-order valence-electron chi connectivity index (χ0n) is 23.4. The lowest BCUT2D eigenvalue weighted by Gasteiger charge is -2.27. The van der Waals surface area contributed by atoms with E-state index >= 15 is 0 Å². The smallest absolute Gasteiger partial charge is 0.384 e. The van der Waals surface area contributed by atoms with Crippen molar-refractivity contribution in [1.82, 2.24) is 25.2 Å². The number of nitrogens with two attached hydrogens (primary N) is 1. The lowest BCUT2D eigenvalue weighted by molar-refractivity contribution is -0.263. The molecular weight excluding hydrogens is 607 g/mol. The molecule has 0 radical (unpaired) electrons. The summed E-state index contributed by atoms with van der Waals surface area (Å²) in [6.07, 6.45) is -2.25. The average Bonchev–Trinajstić information content (AvgIpc) is 3.51. The third-order valence-electron chi connectivity index (χ3n) is 5.67. The summed E-state index contributed by atoms with van der Waals surface area (Å²) >= 11 is 0. The van der Waals surface area contributed by atoms with Gasteiger partial charge in [0.1, 0.15) is 6.04 Å². The summed E-state index contributed by atoms with van der Waals surface area (Å²) in [6.45, 7) is -1.48. The first-order valence-corrected chi connectivity index (χ1v) is 12.6. The summed E-state index contributed by atoms with van der Waals surface area (Å²) in [5.41, 5.74) is 4.98. The van der Waals surface area contributed by atoms with E-state index < -0.39 is 36.7 Å². The van der Waals surface area contributed by atoms with Crippen LogP contribution in [0.3, 0.4) is 0 Å². The number of rotatable bonds is 8. The number of carbonyl (C=O) groups is 2. The number of urea groups is 1. The molecule has 0 aromatic carbocycles. The van der Waals surface area contributed by atoms with Gasteiger partial charge in [0.05, 0.1) is 31.3 Å². The van der Waals surface area contributed by atoms with Gasteiger partial charge in [0.2, 0.25) is 5.91 Å². The molecule has 43 heavy (non-hydrogen) atoms. The molecule has 1 saturated carbocycles. The standard InChI is InChI=1S/C15H20F3N3O2.C4H5F3N2O.C4H7NO.CHF3/c1-14(2,15(16,17)18)23-7-5-12-10-21-13(20-12)8-11(9-19-21)4-6-22-3;5-4(6,7)2-1-8-3(10)9-2;5-4(6)3-1-2-3;2-1(3)4/h8-10H,4-7H2,1-3H3;2H,1H2,(H2,8,9,10);3H,1-2H2,(H2,5,6);1H. The molecule has 4 N–H and O–H groups in total. The van der Waals surface area contributed by atoms with Gasteiger partial charge in [-0.1, -0.05) is 0 Å². The molecule has 19 heteroatoms. The van der Waals surface area contributed by atoms with E-state index in [0.717, 1.165) is 38.7 Å². The van der Waals surface area contributed by atoms with E-state index in [2.05, 4.69) is 10.1 Å². The zero-order valence-corrected chi connectivity index (χ0v) is 23.4. The fraction of sp³-hybridized carbons (Fsp3) is 0.667. The van der Waals surface area contributed by atoms with Gasteiger partial charge in [-0.05, 0) is 44.7 Å². The minimum Gasteiger partial charge on any atom is -0.384 e. The Morgan fingerprint density at radius 2 is 1.72 bits per heavy atom. The third-order valence-corrected chi connectivity index (χ3v) is 5.67. The predicted molar refractivity (Wildman–Crippen MR) is 134 cm³/mol. The SMILES string of the molecule is COCCc1cnn2cc(CCOC(C)(C)C(F)(F)F)nc2c1.FC(F)F.NC(=O)C1CC1.O=C1NCC(C(F)(F)F)N1. The lowest BCUT2D eigenvalue weighted by atomic mass is 10.1. The molecule has 1 aliphatic heterocycles. The highest BCUT2D eigenvalue weighted by molar-refractivity contribution is 5.78. The summed E-state index contributed by atoms with van der Waals surface area (Å²) in [5, 5.41) is 7.95. The summed E-state index contributed by atoms with van der Waals surface area (Å²) < 4.78 is 114. The number of primary amides is 1. The number of aromatic nitrogens is 3. The Labute approximate surface area is 240 Å². The van der Waals surface area contributed by atoms with Crippen LogP contribution in [0, 0.1) is 5.92 Å². The third kappa shape index (κ3) is 14.6. The molecule has 3 heterocycles. The van der Waals surface area contributed by atoms with Crippen LogP contribution in [0.4, 0.5) is 44.3 Å². The van der Waals surface area contributed by atoms with Crippen molar-refractivity contribution in [3.05, 3.63) is 29.7 Å². The van der Waals surface area contributed by atoms with Crippen LogP contribution < -0.4 is 16.4 Å². The Balaban J connectivity index is 0.000000375. The van der Waals surface area contributed by atoms with Crippen LogP contribution in [-0.2, 0) is 27.1 Å². The second kappa shape index (κ2) is 16.5. The van der Waals surface area contributed by atoms with E-state index in [1.807, 2.05) is 11.4 Å². The maximum atomic E-state index is 12.7. The maximum absolute atomic E-state index is 12.7. The monoisotopic (exact) mass is 640 g/mol. The molecule has 10 nitrogen and oxygen atoms in total. The van der Waals surface area contributed by atoms with Crippen molar-refractivity contribution in [3.63, 3.8) is 0 Å². The normalized spacial score (nSPS) is 16.7. The van der Waals surface area contributed by atoms with Crippen molar-refractivity contribution in [3.8, 4) is 0 Å². The predicted octanol–water partition coefficient (Wildman–Crippen LogP) is 4.11. The number of nitrogens with one attached hydrogen (secondary N) is 2. The average molecular weight is 641 g/mol. The van der Waals surface area contributed by atoms with Gasteiger partial charge in [0.25, 0.3) is 0 Å². The topological polar surface area (TPSA) is 133 Å².